The molecule has 1 N–H and O–H groups in total. The number of fused-ring (bicyclic) bond motifs is 1. The number of halogens is 1. The molecule has 9 heteroatoms. The SMILES string of the molecule is COc1cc(/C=C2/C(=N)N3N=C(C(C)C)SC3=NC2=O)cc(Br)c1OCc1ccccc1. The number of rotatable bonds is 6. The Morgan fingerprint density at radius 1 is 1.25 bits per heavy atom. The first-order valence-corrected chi connectivity index (χ1v) is 11.5. The van der Waals surface area contributed by atoms with Gasteiger partial charge < -0.3 is 9.47 Å². The van der Waals surface area contributed by atoms with E-state index in [4.69, 9.17) is 14.9 Å². The maximum absolute atomic E-state index is 12.6. The van der Waals surface area contributed by atoms with E-state index in [-0.39, 0.29) is 17.3 Å². The third-order valence-electron chi connectivity index (χ3n) is 4.75. The predicted molar refractivity (Wildman–Crippen MR) is 131 cm³/mol. The number of hydrogen-bond acceptors (Lipinski definition) is 6. The number of amidine groups is 2. The lowest BCUT2D eigenvalue weighted by molar-refractivity contribution is -0.114. The molecule has 0 unspecified atom stereocenters. The Bertz CT molecular complexity index is 1180. The fourth-order valence-electron chi connectivity index (χ4n) is 3.10. The van der Waals surface area contributed by atoms with Crippen LogP contribution in [0.1, 0.15) is 25.0 Å². The fraction of sp³-hybridized carbons (Fsp3) is 0.217. The van der Waals surface area contributed by atoms with Crippen LogP contribution in [0.5, 0.6) is 11.5 Å². The highest BCUT2D eigenvalue weighted by Crippen LogP contribution is 2.38. The standard InChI is InChI=1S/C23H21BrN4O3S/c1-13(2)22-27-28-20(25)16(21(29)26-23(28)32-22)9-15-10-17(24)19(18(11-15)30-3)31-12-14-7-5-4-6-8-14/h4-11,13,25H,12H2,1-3H3/b16-9-,25-20?. The fourth-order valence-corrected chi connectivity index (χ4v) is 4.57. The molecule has 0 atom stereocenters. The average Bonchev–Trinajstić information content (AvgIpc) is 3.21. The Hall–Kier alpha value is -2.91. The third kappa shape index (κ3) is 4.49. The van der Waals surface area contributed by atoms with Gasteiger partial charge in [0.1, 0.15) is 11.7 Å². The average molecular weight is 513 g/mol. The number of aliphatic imine (C=N–C) groups is 1. The highest BCUT2D eigenvalue weighted by molar-refractivity contribution is 9.10. The van der Waals surface area contributed by atoms with Gasteiger partial charge in [0.05, 0.1) is 17.2 Å². The van der Waals surface area contributed by atoms with Gasteiger partial charge in [-0.3, -0.25) is 10.2 Å². The molecule has 0 bridgehead atoms. The molecule has 0 aliphatic carbocycles. The van der Waals surface area contributed by atoms with Gasteiger partial charge in [0, 0.05) is 5.92 Å². The highest BCUT2D eigenvalue weighted by Gasteiger charge is 2.36. The molecule has 2 heterocycles. The molecule has 4 rings (SSSR count). The summed E-state index contributed by atoms with van der Waals surface area (Å²) in [5, 5.41) is 15.6. The summed E-state index contributed by atoms with van der Waals surface area (Å²) in [6.07, 6.45) is 1.62. The molecule has 0 aromatic heterocycles. The maximum atomic E-state index is 12.6. The topological polar surface area (TPSA) is 87.3 Å². The number of nitrogens with one attached hydrogen (secondary N) is 1. The minimum atomic E-state index is -0.464. The summed E-state index contributed by atoms with van der Waals surface area (Å²) in [6, 6.07) is 13.4. The van der Waals surface area contributed by atoms with E-state index in [1.165, 1.54) is 16.8 Å². The van der Waals surface area contributed by atoms with Crippen LogP contribution >= 0.6 is 27.7 Å². The number of carbonyl (C=O) groups excluding carboxylic acids is 1. The van der Waals surface area contributed by atoms with E-state index < -0.39 is 5.91 Å². The van der Waals surface area contributed by atoms with E-state index in [1.807, 2.05) is 50.2 Å². The Balaban J connectivity index is 1.62. The van der Waals surface area contributed by atoms with Crippen LogP contribution in [-0.2, 0) is 11.4 Å². The first kappa shape index (κ1) is 22.3. The van der Waals surface area contributed by atoms with Crippen molar-refractivity contribution in [3.63, 3.8) is 0 Å². The van der Waals surface area contributed by atoms with Gasteiger partial charge >= 0.3 is 0 Å². The van der Waals surface area contributed by atoms with E-state index in [2.05, 4.69) is 26.0 Å². The molecule has 2 aliphatic rings. The first-order chi connectivity index (χ1) is 15.4. The van der Waals surface area contributed by atoms with Gasteiger partial charge in [-0.1, -0.05) is 44.2 Å². The number of ether oxygens (including phenoxy) is 2. The molecular weight excluding hydrogens is 492 g/mol. The number of benzene rings is 2. The van der Waals surface area contributed by atoms with Crippen molar-refractivity contribution in [1.82, 2.24) is 5.01 Å². The van der Waals surface area contributed by atoms with Crippen LogP contribution in [-0.4, -0.2) is 34.1 Å². The molecular formula is C23H21BrN4O3S. The maximum Gasteiger partial charge on any atom is 0.283 e. The zero-order chi connectivity index (χ0) is 22.8. The van der Waals surface area contributed by atoms with Crippen molar-refractivity contribution >= 4 is 55.7 Å². The zero-order valence-electron chi connectivity index (χ0n) is 17.8. The number of nitrogens with zero attached hydrogens (tertiary/aromatic N) is 3. The van der Waals surface area contributed by atoms with Crippen LogP contribution in [0.2, 0.25) is 0 Å². The number of hydrazone groups is 1. The Kier molecular flexibility index (Phi) is 6.48. The Morgan fingerprint density at radius 2 is 2.00 bits per heavy atom. The molecule has 0 radical (unpaired) electrons. The molecule has 7 nitrogen and oxygen atoms in total. The van der Waals surface area contributed by atoms with Crippen LogP contribution in [0.3, 0.4) is 0 Å². The van der Waals surface area contributed by atoms with Gasteiger partial charge in [-0.05, 0) is 57.0 Å². The minimum absolute atomic E-state index is 0.00245. The molecule has 0 saturated heterocycles. The first-order valence-electron chi connectivity index (χ1n) is 9.91. The number of carbonyl (C=O) groups is 1. The summed E-state index contributed by atoms with van der Waals surface area (Å²) in [5.74, 6) is 0.798. The van der Waals surface area contributed by atoms with Crippen molar-refractivity contribution in [3.05, 3.63) is 63.6 Å². The number of hydrogen-bond donors (Lipinski definition) is 1. The summed E-state index contributed by atoms with van der Waals surface area (Å²) in [7, 11) is 1.56. The second kappa shape index (κ2) is 9.30. The molecule has 0 fully saturated rings. The van der Waals surface area contributed by atoms with Gasteiger partial charge in [-0.15, -0.1) is 0 Å². The van der Waals surface area contributed by atoms with E-state index in [0.29, 0.717) is 33.3 Å². The van der Waals surface area contributed by atoms with Crippen LogP contribution < -0.4 is 9.47 Å². The van der Waals surface area contributed by atoms with Crippen LogP contribution in [0, 0.1) is 11.3 Å². The number of thioether (sulfide) groups is 1. The predicted octanol–water partition coefficient (Wildman–Crippen LogP) is 5.31. The van der Waals surface area contributed by atoms with Gasteiger partial charge in [0.2, 0.25) is 5.17 Å². The zero-order valence-corrected chi connectivity index (χ0v) is 20.2. The van der Waals surface area contributed by atoms with Crippen LogP contribution in [0.15, 0.2) is 62.6 Å². The molecule has 164 valence electrons. The smallest absolute Gasteiger partial charge is 0.283 e. The Labute approximate surface area is 198 Å². The molecule has 1 amide bonds. The van der Waals surface area contributed by atoms with Crippen molar-refractivity contribution in [3.8, 4) is 11.5 Å². The summed E-state index contributed by atoms with van der Waals surface area (Å²) in [5.41, 5.74) is 1.87. The molecule has 0 saturated carbocycles. The van der Waals surface area contributed by atoms with Crippen LogP contribution in [0.25, 0.3) is 6.08 Å². The van der Waals surface area contributed by atoms with E-state index in [1.54, 1.807) is 19.3 Å². The van der Waals surface area contributed by atoms with Crippen molar-refractivity contribution in [2.45, 2.75) is 20.5 Å². The molecule has 2 aromatic rings. The monoisotopic (exact) mass is 512 g/mol. The molecule has 32 heavy (non-hydrogen) atoms. The van der Waals surface area contributed by atoms with Gasteiger partial charge in [-0.2, -0.15) is 15.1 Å². The van der Waals surface area contributed by atoms with Crippen molar-refractivity contribution < 1.29 is 14.3 Å². The second-order valence-corrected chi connectivity index (χ2v) is 9.26. The number of amides is 1. The highest BCUT2D eigenvalue weighted by atomic mass is 79.9. The van der Waals surface area contributed by atoms with Crippen LogP contribution in [0.4, 0.5) is 0 Å². The lowest BCUT2D eigenvalue weighted by Gasteiger charge is -2.20. The second-order valence-electron chi connectivity index (χ2n) is 7.42. The largest absolute Gasteiger partial charge is 0.493 e. The summed E-state index contributed by atoms with van der Waals surface area (Å²) in [4.78, 5) is 16.8. The van der Waals surface area contributed by atoms with Gasteiger partial charge in [0.15, 0.2) is 17.3 Å². The summed E-state index contributed by atoms with van der Waals surface area (Å²) < 4.78 is 12.2. The molecule has 2 aromatic carbocycles. The summed E-state index contributed by atoms with van der Waals surface area (Å²) in [6.45, 7) is 4.41. The van der Waals surface area contributed by atoms with E-state index in [9.17, 15) is 4.79 Å². The normalized spacial score (nSPS) is 16.9. The minimum Gasteiger partial charge on any atom is -0.493 e. The van der Waals surface area contributed by atoms with Crippen molar-refractivity contribution in [1.29, 1.82) is 5.41 Å². The Morgan fingerprint density at radius 3 is 2.69 bits per heavy atom. The van der Waals surface area contributed by atoms with Crippen molar-refractivity contribution in [2.75, 3.05) is 7.11 Å². The number of methoxy groups -OCH3 is 1. The summed E-state index contributed by atoms with van der Waals surface area (Å²) >= 11 is 4.87. The van der Waals surface area contributed by atoms with E-state index >= 15 is 0 Å². The molecule has 0 spiro atoms. The van der Waals surface area contributed by atoms with Crippen molar-refractivity contribution in [2.24, 2.45) is 16.0 Å². The van der Waals surface area contributed by atoms with Gasteiger partial charge in [-0.25, -0.2) is 0 Å². The lowest BCUT2D eigenvalue weighted by Crippen LogP contribution is -2.35. The molecule has 2 aliphatic heterocycles. The lowest BCUT2D eigenvalue weighted by atomic mass is 10.1. The van der Waals surface area contributed by atoms with E-state index in [0.717, 1.165) is 10.6 Å². The van der Waals surface area contributed by atoms with Gasteiger partial charge in [0.25, 0.3) is 5.91 Å². The third-order valence-corrected chi connectivity index (χ3v) is 6.55. The quantitative estimate of drug-likeness (QED) is 0.529.